The standard InChI is InChI=1S/C29H28N4O3S/c1-20-26(28(36)33(31(20)2)24-11-7-4-8-12-24)30-27(35)22-13-15-23(16-14-22)29-32(25(34)19-37-29)18-17-21-9-5-3-6-10-21/h3-16,29H,17-19H2,1-2H3,(H,30,35)/t29-/m1/s1. The minimum absolute atomic E-state index is 0.0808. The Morgan fingerprint density at radius 2 is 1.59 bits per heavy atom. The lowest BCUT2D eigenvalue weighted by Gasteiger charge is -2.24. The molecule has 3 aromatic carbocycles. The van der Waals surface area contributed by atoms with Gasteiger partial charge in [-0.25, -0.2) is 4.68 Å². The molecule has 8 heteroatoms. The van der Waals surface area contributed by atoms with Crippen molar-refractivity contribution in [2.75, 3.05) is 17.6 Å². The van der Waals surface area contributed by atoms with Gasteiger partial charge in [-0.1, -0.05) is 60.7 Å². The van der Waals surface area contributed by atoms with Crippen molar-refractivity contribution in [2.24, 2.45) is 7.05 Å². The van der Waals surface area contributed by atoms with Crippen molar-refractivity contribution >= 4 is 29.3 Å². The smallest absolute Gasteiger partial charge is 0.295 e. The Kier molecular flexibility index (Phi) is 7.01. The molecule has 1 atom stereocenters. The van der Waals surface area contributed by atoms with Gasteiger partial charge in [0.05, 0.1) is 17.1 Å². The zero-order valence-electron chi connectivity index (χ0n) is 20.8. The number of nitrogens with zero attached hydrogens (tertiary/aromatic N) is 3. The molecular formula is C29H28N4O3S. The van der Waals surface area contributed by atoms with Crippen LogP contribution in [0, 0.1) is 6.92 Å². The van der Waals surface area contributed by atoms with Crippen molar-refractivity contribution in [1.82, 2.24) is 14.3 Å². The molecule has 0 aliphatic carbocycles. The Balaban J connectivity index is 1.31. The Labute approximate surface area is 219 Å². The molecule has 1 aliphatic rings. The first-order valence-corrected chi connectivity index (χ1v) is 13.2. The van der Waals surface area contributed by atoms with E-state index in [-0.39, 0.29) is 28.4 Å². The maximum absolute atomic E-state index is 13.1. The van der Waals surface area contributed by atoms with E-state index in [1.807, 2.05) is 65.6 Å². The second-order valence-corrected chi connectivity index (χ2v) is 10.1. The number of aromatic nitrogens is 2. The molecule has 0 saturated carbocycles. The highest BCUT2D eigenvalue weighted by molar-refractivity contribution is 8.00. The number of thioether (sulfide) groups is 1. The molecule has 5 rings (SSSR count). The molecule has 0 unspecified atom stereocenters. The van der Waals surface area contributed by atoms with Crippen molar-refractivity contribution in [3.63, 3.8) is 0 Å². The largest absolute Gasteiger partial charge is 0.326 e. The van der Waals surface area contributed by atoms with Crippen molar-refractivity contribution in [1.29, 1.82) is 0 Å². The first-order valence-electron chi connectivity index (χ1n) is 12.1. The van der Waals surface area contributed by atoms with Gasteiger partial charge in [-0.15, -0.1) is 11.8 Å². The summed E-state index contributed by atoms with van der Waals surface area (Å²) < 4.78 is 3.27. The molecule has 4 aromatic rings. The van der Waals surface area contributed by atoms with Gasteiger partial charge >= 0.3 is 0 Å². The van der Waals surface area contributed by atoms with Gasteiger partial charge < -0.3 is 10.2 Å². The van der Waals surface area contributed by atoms with Gasteiger partial charge in [0.2, 0.25) is 5.91 Å². The summed E-state index contributed by atoms with van der Waals surface area (Å²) in [5.41, 5.74) is 3.97. The summed E-state index contributed by atoms with van der Waals surface area (Å²) >= 11 is 1.60. The van der Waals surface area contributed by atoms with E-state index in [2.05, 4.69) is 17.4 Å². The van der Waals surface area contributed by atoms with E-state index in [1.54, 1.807) is 42.5 Å². The predicted molar refractivity (Wildman–Crippen MR) is 147 cm³/mol. The Morgan fingerprint density at radius 3 is 2.27 bits per heavy atom. The van der Waals surface area contributed by atoms with Crippen LogP contribution in [0.2, 0.25) is 0 Å². The highest BCUT2D eigenvalue weighted by Crippen LogP contribution is 2.38. The van der Waals surface area contributed by atoms with Crippen LogP contribution in [0.3, 0.4) is 0 Å². The van der Waals surface area contributed by atoms with Crippen LogP contribution in [0.25, 0.3) is 5.69 Å². The van der Waals surface area contributed by atoms with Crippen LogP contribution in [-0.4, -0.2) is 38.4 Å². The molecule has 188 valence electrons. The molecule has 0 spiro atoms. The summed E-state index contributed by atoms with van der Waals surface area (Å²) in [6.07, 6.45) is 0.793. The van der Waals surface area contributed by atoms with Crippen molar-refractivity contribution in [3.05, 3.63) is 118 Å². The number of anilines is 1. The molecular weight excluding hydrogens is 484 g/mol. The van der Waals surface area contributed by atoms with Crippen LogP contribution in [-0.2, 0) is 18.3 Å². The molecule has 7 nitrogen and oxygen atoms in total. The average Bonchev–Trinajstić information content (AvgIpc) is 3.40. The van der Waals surface area contributed by atoms with Crippen LogP contribution in [0.1, 0.15) is 32.6 Å². The maximum atomic E-state index is 13.1. The number of benzene rings is 3. The molecule has 1 aromatic heterocycles. The monoisotopic (exact) mass is 512 g/mol. The highest BCUT2D eigenvalue weighted by atomic mass is 32.2. The second kappa shape index (κ2) is 10.5. The number of carbonyl (C=O) groups excluding carboxylic acids is 2. The van der Waals surface area contributed by atoms with E-state index >= 15 is 0 Å². The second-order valence-electron chi connectivity index (χ2n) is 9.00. The van der Waals surface area contributed by atoms with Gasteiger partial charge in [-0.2, -0.15) is 0 Å². The summed E-state index contributed by atoms with van der Waals surface area (Å²) in [4.78, 5) is 40.6. The quantitative estimate of drug-likeness (QED) is 0.394. The Bertz CT molecular complexity index is 1480. The number of amides is 2. The number of para-hydroxylation sites is 1. The third-order valence-electron chi connectivity index (χ3n) is 6.70. The molecule has 2 heterocycles. The highest BCUT2D eigenvalue weighted by Gasteiger charge is 2.32. The first kappa shape index (κ1) is 24.6. The van der Waals surface area contributed by atoms with Gasteiger partial charge in [-0.3, -0.25) is 19.1 Å². The van der Waals surface area contributed by atoms with Crippen LogP contribution in [0.5, 0.6) is 0 Å². The minimum Gasteiger partial charge on any atom is -0.326 e. The zero-order valence-corrected chi connectivity index (χ0v) is 21.6. The maximum Gasteiger partial charge on any atom is 0.295 e. The fourth-order valence-corrected chi connectivity index (χ4v) is 5.78. The lowest BCUT2D eigenvalue weighted by molar-refractivity contribution is -0.128. The van der Waals surface area contributed by atoms with E-state index in [0.29, 0.717) is 23.6 Å². The predicted octanol–water partition coefficient (Wildman–Crippen LogP) is 4.55. The third-order valence-corrected chi connectivity index (χ3v) is 7.96. The summed E-state index contributed by atoms with van der Waals surface area (Å²) in [5, 5.41) is 2.73. The van der Waals surface area contributed by atoms with Crippen LogP contribution in [0.15, 0.2) is 89.7 Å². The van der Waals surface area contributed by atoms with E-state index < -0.39 is 0 Å². The van der Waals surface area contributed by atoms with Crippen molar-refractivity contribution in [2.45, 2.75) is 18.7 Å². The molecule has 0 radical (unpaired) electrons. The fourth-order valence-electron chi connectivity index (χ4n) is 4.56. The van der Waals surface area contributed by atoms with Crippen LogP contribution >= 0.6 is 11.8 Å². The minimum atomic E-state index is -0.353. The molecule has 37 heavy (non-hydrogen) atoms. The molecule has 1 fully saturated rings. The van der Waals surface area contributed by atoms with Crippen molar-refractivity contribution in [3.8, 4) is 5.69 Å². The van der Waals surface area contributed by atoms with E-state index in [9.17, 15) is 14.4 Å². The average molecular weight is 513 g/mol. The molecule has 2 amide bonds. The molecule has 0 bridgehead atoms. The van der Waals surface area contributed by atoms with Gasteiger partial charge in [-0.05, 0) is 48.7 Å². The summed E-state index contributed by atoms with van der Waals surface area (Å²) in [6.45, 7) is 2.45. The van der Waals surface area contributed by atoms with E-state index in [4.69, 9.17) is 0 Å². The van der Waals surface area contributed by atoms with E-state index in [0.717, 1.165) is 17.7 Å². The van der Waals surface area contributed by atoms with Gasteiger partial charge in [0, 0.05) is 19.2 Å². The number of nitrogens with one attached hydrogen (secondary N) is 1. The van der Waals surface area contributed by atoms with Gasteiger partial charge in [0.1, 0.15) is 11.1 Å². The van der Waals surface area contributed by atoms with Crippen LogP contribution in [0.4, 0.5) is 5.69 Å². The van der Waals surface area contributed by atoms with E-state index in [1.165, 1.54) is 10.2 Å². The summed E-state index contributed by atoms with van der Waals surface area (Å²) in [7, 11) is 1.79. The SMILES string of the molecule is Cc1c(NC(=O)c2ccc([C@H]3SCC(=O)N3CCc3ccccc3)cc2)c(=O)n(-c2ccccc2)n1C. The summed E-state index contributed by atoms with van der Waals surface area (Å²) in [5.74, 6) is 0.221. The Morgan fingerprint density at radius 1 is 0.946 bits per heavy atom. The van der Waals surface area contributed by atoms with Gasteiger partial charge in [0.15, 0.2) is 0 Å². The number of hydrogen-bond donors (Lipinski definition) is 1. The summed E-state index contributed by atoms with van der Waals surface area (Å²) in [6, 6.07) is 26.7. The lowest BCUT2D eigenvalue weighted by atomic mass is 10.1. The molecule has 1 saturated heterocycles. The number of hydrogen-bond acceptors (Lipinski definition) is 4. The topological polar surface area (TPSA) is 76.3 Å². The lowest BCUT2D eigenvalue weighted by Crippen LogP contribution is -2.30. The van der Waals surface area contributed by atoms with Gasteiger partial charge in [0.25, 0.3) is 11.5 Å². The van der Waals surface area contributed by atoms with Crippen molar-refractivity contribution < 1.29 is 9.59 Å². The normalized spacial score (nSPS) is 15.2. The first-order chi connectivity index (χ1) is 17.9. The zero-order chi connectivity index (χ0) is 25.9. The number of carbonyl (C=O) groups is 2. The number of rotatable bonds is 7. The fraction of sp³-hybridized carbons (Fsp3) is 0.207. The third kappa shape index (κ3) is 4.97. The molecule has 1 aliphatic heterocycles. The molecule has 1 N–H and O–H groups in total. The van der Waals surface area contributed by atoms with Crippen LogP contribution < -0.4 is 10.9 Å². The Hall–Kier alpha value is -4.04.